The van der Waals surface area contributed by atoms with Gasteiger partial charge in [-0.3, -0.25) is 0 Å². The quantitative estimate of drug-likeness (QED) is 0.193. The molecular formula is C31H31F3N2O3. The maximum Gasteiger partial charge on any atom is 0.573 e. The van der Waals surface area contributed by atoms with E-state index in [0.29, 0.717) is 17.3 Å². The van der Waals surface area contributed by atoms with Crippen molar-refractivity contribution in [3.63, 3.8) is 0 Å². The van der Waals surface area contributed by atoms with E-state index >= 15 is 0 Å². The first-order chi connectivity index (χ1) is 18.8. The third-order valence-electron chi connectivity index (χ3n) is 5.75. The highest BCUT2D eigenvalue weighted by molar-refractivity contribution is 5.97. The second-order valence-corrected chi connectivity index (χ2v) is 8.21. The molecule has 0 amide bonds. The third-order valence-corrected chi connectivity index (χ3v) is 5.75. The lowest BCUT2D eigenvalue weighted by atomic mass is 10.0. The molecule has 5 nitrogen and oxygen atoms in total. The van der Waals surface area contributed by atoms with Crippen molar-refractivity contribution in [2.75, 3.05) is 12.4 Å². The molecule has 1 heterocycles. The molecule has 204 valence electrons. The number of hydrogen-bond donors (Lipinski definition) is 2. The largest absolute Gasteiger partial charge is 0.573 e. The Morgan fingerprint density at radius 1 is 0.897 bits per heavy atom. The summed E-state index contributed by atoms with van der Waals surface area (Å²) in [5.74, 6) is 1.36. The molecule has 5 rings (SSSR count). The van der Waals surface area contributed by atoms with E-state index in [-0.39, 0.29) is 11.3 Å². The Morgan fingerprint density at radius 2 is 1.49 bits per heavy atom. The average Bonchev–Trinajstić information content (AvgIpc) is 3.73. The molecule has 0 unspecified atom stereocenters. The van der Waals surface area contributed by atoms with Gasteiger partial charge in [0.2, 0.25) is 0 Å². The van der Waals surface area contributed by atoms with Gasteiger partial charge < -0.3 is 19.9 Å². The van der Waals surface area contributed by atoms with Crippen LogP contribution in [0.5, 0.6) is 17.2 Å². The van der Waals surface area contributed by atoms with Crippen LogP contribution in [0, 0.1) is 19.8 Å². The summed E-state index contributed by atoms with van der Waals surface area (Å²) >= 11 is 0. The molecule has 1 aliphatic rings. The monoisotopic (exact) mass is 536 g/mol. The Bertz CT molecular complexity index is 1340. The van der Waals surface area contributed by atoms with Gasteiger partial charge in [-0.25, -0.2) is 4.98 Å². The van der Waals surface area contributed by atoms with Gasteiger partial charge in [0.15, 0.2) is 0 Å². The van der Waals surface area contributed by atoms with Crippen molar-refractivity contribution >= 4 is 16.6 Å². The van der Waals surface area contributed by atoms with Crippen LogP contribution in [0.25, 0.3) is 10.8 Å². The fourth-order valence-corrected chi connectivity index (χ4v) is 3.92. The first-order valence-electron chi connectivity index (χ1n) is 11.9. The molecule has 8 heteroatoms. The minimum atomic E-state index is -4.74. The Labute approximate surface area is 226 Å². The number of rotatable bonds is 6. The number of terminal acetylenes is 1. The van der Waals surface area contributed by atoms with Crippen molar-refractivity contribution in [1.82, 2.24) is 4.98 Å². The van der Waals surface area contributed by atoms with Crippen molar-refractivity contribution in [3.8, 4) is 30.1 Å². The molecule has 2 N–H and O–H groups in total. The van der Waals surface area contributed by atoms with Crippen molar-refractivity contribution in [1.29, 1.82) is 0 Å². The zero-order valence-corrected chi connectivity index (χ0v) is 21.8. The third kappa shape index (κ3) is 8.00. The summed E-state index contributed by atoms with van der Waals surface area (Å²) < 4.78 is 47.3. The van der Waals surface area contributed by atoms with Crippen LogP contribution in [-0.4, -0.2) is 23.6 Å². The van der Waals surface area contributed by atoms with Crippen LogP contribution < -0.4 is 14.8 Å². The van der Waals surface area contributed by atoms with E-state index in [1.807, 2.05) is 24.3 Å². The molecular weight excluding hydrogens is 505 g/mol. The number of benzene rings is 3. The molecule has 0 radical (unpaired) electrons. The van der Waals surface area contributed by atoms with Gasteiger partial charge in [0, 0.05) is 13.3 Å². The number of nitrogens with zero attached hydrogens (tertiary/aromatic N) is 1. The smallest absolute Gasteiger partial charge is 0.457 e. The summed E-state index contributed by atoms with van der Waals surface area (Å²) in [5.41, 5.74) is 2.25. The maximum absolute atomic E-state index is 12.4. The molecule has 1 aromatic heterocycles. The molecule has 4 aromatic rings. The van der Waals surface area contributed by atoms with Crippen LogP contribution in [0.3, 0.4) is 0 Å². The first-order valence-corrected chi connectivity index (χ1v) is 11.9. The van der Waals surface area contributed by atoms with Crippen LogP contribution in [0.1, 0.15) is 24.0 Å². The topological polar surface area (TPSA) is 63.6 Å². The van der Waals surface area contributed by atoms with Crippen molar-refractivity contribution in [3.05, 3.63) is 103 Å². The van der Waals surface area contributed by atoms with Crippen LogP contribution >= 0.6 is 0 Å². The average molecular weight is 537 g/mol. The zero-order valence-electron chi connectivity index (χ0n) is 21.8. The number of aryl methyl sites for hydroxylation is 1. The molecule has 1 aliphatic carbocycles. The molecule has 0 spiro atoms. The highest BCUT2D eigenvalue weighted by Crippen LogP contribution is 2.49. The lowest BCUT2D eigenvalue weighted by Crippen LogP contribution is -2.19. The van der Waals surface area contributed by atoms with Gasteiger partial charge >= 0.3 is 6.36 Å². The molecule has 1 saturated carbocycles. The number of anilines is 1. The lowest BCUT2D eigenvalue weighted by Gasteiger charge is -2.21. The maximum atomic E-state index is 12.4. The van der Waals surface area contributed by atoms with Crippen LogP contribution in [-0.2, 0) is 5.54 Å². The standard InChI is InChI=1S/C26H21F3N2O2.C2H4.C2H2.CH4O/c1-17-5-7-19(8-6-17)25(14-15-25)31-24-23-18(13-16-30-24)3-2-4-22(23)32-20-9-11-21(12-10-20)33-26(27,28)29;3*1-2/h2-13,16H,14-15H2,1H3,(H,30,31);1-2H2;1-2H;2H,1H3. The predicted octanol–water partition coefficient (Wildman–Crippen LogP) is 8.00. The van der Waals surface area contributed by atoms with Gasteiger partial charge in [-0.05, 0) is 67.1 Å². The molecule has 0 aliphatic heterocycles. The SMILES string of the molecule is C#C.C=C.CO.Cc1ccc(C2(Nc3nccc4cccc(Oc5ccc(OC(F)(F)F)cc5)c34)CC2)cc1. The molecule has 1 fully saturated rings. The van der Waals surface area contributed by atoms with Gasteiger partial charge in [-0.2, -0.15) is 0 Å². The van der Waals surface area contributed by atoms with Crippen LogP contribution in [0.2, 0.25) is 0 Å². The zero-order chi connectivity index (χ0) is 29.1. The summed E-state index contributed by atoms with van der Waals surface area (Å²) in [6, 6.07) is 21.4. The Morgan fingerprint density at radius 3 is 2.05 bits per heavy atom. The van der Waals surface area contributed by atoms with Crippen molar-refractivity contribution in [2.24, 2.45) is 0 Å². The Hall–Kier alpha value is -4.48. The number of pyridine rings is 1. The fourth-order valence-electron chi connectivity index (χ4n) is 3.92. The van der Waals surface area contributed by atoms with Gasteiger partial charge in [-0.1, -0.05) is 42.0 Å². The lowest BCUT2D eigenvalue weighted by molar-refractivity contribution is -0.274. The van der Waals surface area contributed by atoms with Crippen molar-refractivity contribution in [2.45, 2.75) is 31.7 Å². The molecule has 0 saturated heterocycles. The van der Waals surface area contributed by atoms with Crippen molar-refractivity contribution < 1.29 is 27.8 Å². The molecule has 39 heavy (non-hydrogen) atoms. The van der Waals surface area contributed by atoms with Crippen LogP contribution in [0.4, 0.5) is 19.0 Å². The van der Waals surface area contributed by atoms with E-state index in [1.165, 1.54) is 35.4 Å². The van der Waals surface area contributed by atoms with E-state index in [9.17, 15) is 13.2 Å². The minimum absolute atomic E-state index is 0.168. The number of ether oxygens (including phenoxy) is 2. The normalized spacial score (nSPS) is 12.7. The van der Waals surface area contributed by atoms with E-state index < -0.39 is 6.36 Å². The highest BCUT2D eigenvalue weighted by atomic mass is 19.4. The predicted molar refractivity (Wildman–Crippen MR) is 150 cm³/mol. The number of fused-ring (bicyclic) bond motifs is 1. The van der Waals surface area contributed by atoms with E-state index in [1.54, 1.807) is 6.20 Å². The number of aliphatic hydroxyl groups is 1. The number of aliphatic hydroxyl groups excluding tert-OH is 1. The Balaban J connectivity index is 0.000000833. The summed E-state index contributed by atoms with van der Waals surface area (Å²) in [7, 11) is 1.00. The molecule has 0 atom stereocenters. The van der Waals surface area contributed by atoms with Gasteiger partial charge in [0.25, 0.3) is 0 Å². The second kappa shape index (κ2) is 13.9. The van der Waals surface area contributed by atoms with E-state index in [0.717, 1.165) is 30.7 Å². The number of alkyl halides is 3. The Kier molecular flexibility index (Phi) is 10.9. The first kappa shape index (κ1) is 30.7. The van der Waals surface area contributed by atoms with Gasteiger partial charge in [0.05, 0.1) is 10.9 Å². The molecule has 0 bridgehead atoms. The fraction of sp³-hybridized carbons (Fsp3) is 0.194. The van der Waals surface area contributed by atoms with Crippen LogP contribution in [0.15, 0.2) is 92.2 Å². The van der Waals surface area contributed by atoms with E-state index in [4.69, 9.17) is 9.84 Å². The number of hydrogen-bond acceptors (Lipinski definition) is 5. The highest BCUT2D eigenvalue weighted by Gasteiger charge is 2.45. The van der Waals surface area contributed by atoms with Gasteiger partial charge in [0.1, 0.15) is 23.1 Å². The summed E-state index contributed by atoms with van der Waals surface area (Å²) in [6.45, 7) is 8.06. The number of aromatic nitrogens is 1. The summed E-state index contributed by atoms with van der Waals surface area (Å²) in [4.78, 5) is 4.60. The summed E-state index contributed by atoms with van der Waals surface area (Å²) in [5, 5.41) is 12.4. The number of nitrogens with one attached hydrogen (secondary N) is 1. The van der Waals surface area contributed by atoms with Gasteiger partial charge in [-0.15, -0.1) is 39.2 Å². The summed E-state index contributed by atoms with van der Waals surface area (Å²) in [6.07, 6.45) is 7.01. The molecule has 3 aromatic carbocycles. The second-order valence-electron chi connectivity index (χ2n) is 8.21. The van der Waals surface area contributed by atoms with E-state index in [2.05, 4.69) is 72.2 Å². The number of halogens is 3. The minimum Gasteiger partial charge on any atom is -0.457 e.